The second kappa shape index (κ2) is 19.8. The first-order chi connectivity index (χ1) is 28.7. The molecular weight excluding hydrogens is 805 g/mol. The van der Waals surface area contributed by atoms with Crippen molar-refractivity contribution in [1.82, 2.24) is 19.6 Å². The van der Waals surface area contributed by atoms with Crippen molar-refractivity contribution in [3.8, 4) is 61.8 Å². The zero-order valence-corrected chi connectivity index (χ0v) is 37.2. The molecule has 0 atom stereocenters. The van der Waals surface area contributed by atoms with Crippen LogP contribution in [0, 0.1) is 3.82 Å². The van der Waals surface area contributed by atoms with Gasteiger partial charge in [0, 0.05) is 118 Å². The van der Waals surface area contributed by atoms with Crippen LogP contribution in [0.1, 0.15) is 22.3 Å². The fraction of sp³-hybridized carbons (Fsp3) is 0.400. The molecule has 1 aromatic heterocycles. The van der Waals surface area contributed by atoms with E-state index in [1.165, 1.54) is 0 Å². The zero-order chi connectivity index (χ0) is 41.5. The summed E-state index contributed by atoms with van der Waals surface area (Å²) in [6, 6.07) is 22.5. The summed E-state index contributed by atoms with van der Waals surface area (Å²) in [7, 11) is 13.3. The first kappa shape index (κ1) is 42.7. The van der Waals surface area contributed by atoms with Crippen LogP contribution in [0.15, 0.2) is 66.7 Å². The Morgan fingerprint density at radius 3 is 1.32 bits per heavy atom. The summed E-state index contributed by atoms with van der Waals surface area (Å²) in [5.74, 6) is 4.64. The summed E-state index contributed by atoms with van der Waals surface area (Å²) in [5, 5.41) is 12.1. The normalized spacial score (nSPS) is 15.6. The van der Waals surface area contributed by atoms with E-state index in [9.17, 15) is 5.11 Å². The van der Waals surface area contributed by atoms with E-state index in [1.54, 1.807) is 63.3 Å². The third-order valence-electron chi connectivity index (χ3n) is 11.3. The lowest BCUT2D eigenvalue weighted by atomic mass is 9.98. The van der Waals surface area contributed by atoms with Crippen LogP contribution in [-0.2, 0) is 26.2 Å². The van der Waals surface area contributed by atoms with Crippen molar-refractivity contribution in [2.45, 2.75) is 26.2 Å². The Morgan fingerprint density at radius 1 is 0.508 bits per heavy atom. The van der Waals surface area contributed by atoms with E-state index >= 15 is 0 Å². The number of aromatic hydroxyl groups is 1. The van der Waals surface area contributed by atoms with Gasteiger partial charge in [-0.3, -0.25) is 19.6 Å². The molecule has 0 amide bonds. The summed E-state index contributed by atoms with van der Waals surface area (Å²) in [6.45, 7) is 9.67. The smallest absolute Gasteiger partial charge is 0.165 e. The Kier molecular flexibility index (Phi) is 14.3. The van der Waals surface area contributed by atoms with Crippen molar-refractivity contribution in [2.24, 2.45) is 0 Å². The van der Waals surface area contributed by atoms with Gasteiger partial charge in [0.2, 0.25) is 0 Å². The molecule has 59 heavy (non-hydrogen) atoms. The Morgan fingerprint density at radius 2 is 0.932 bits per heavy atom. The van der Waals surface area contributed by atoms with Crippen LogP contribution in [0.4, 0.5) is 0 Å². The first-order valence-corrected chi connectivity index (χ1v) is 22.3. The number of nitrogens with zero attached hydrogens (tertiary/aromatic N) is 4. The molecule has 2 fully saturated rings. The van der Waals surface area contributed by atoms with E-state index in [-0.39, 0.29) is 0 Å². The highest BCUT2D eigenvalue weighted by Gasteiger charge is 2.26. The quantitative estimate of drug-likeness (QED) is 0.0766. The largest absolute Gasteiger partial charge is 0.507 e. The molecule has 5 aromatic rings. The lowest BCUT2D eigenvalue weighted by molar-refractivity contribution is 0.118. The van der Waals surface area contributed by atoms with Gasteiger partial charge in [0.05, 0.1) is 47.5 Å². The van der Waals surface area contributed by atoms with Gasteiger partial charge in [-0.05, 0) is 35.4 Å². The van der Waals surface area contributed by atoms with Crippen LogP contribution in [0.3, 0.4) is 0 Å². The highest BCUT2D eigenvalue weighted by atomic mass is 32.9. The number of hydrogen-bond acceptors (Lipinski definition) is 14. The van der Waals surface area contributed by atoms with Gasteiger partial charge in [-0.2, -0.15) is 0 Å². The number of phenols is 1. The molecule has 1 N–H and O–H groups in total. The minimum Gasteiger partial charge on any atom is -0.507 e. The summed E-state index contributed by atoms with van der Waals surface area (Å²) in [5.41, 5.74) is 7.23. The lowest BCUT2D eigenvalue weighted by Gasteiger charge is -2.36. The summed E-state index contributed by atoms with van der Waals surface area (Å²) in [6.07, 6.45) is 0. The predicted molar refractivity (Wildman–Crippen MR) is 239 cm³/mol. The molecule has 2 aliphatic rings. The van der Waals surface area contributed by atoms with E-state index in [2.05, 4.69) is 56.0 Å². The van der Waals surface area contributed by atoms with Crippen LogP contribution in [0.5, 0.6) is 40.2 Å². The Bertz CT molecular complexity index is 2140. The van der Waals surface area contributed by atoms with Gasteiger partial charge in [-0.25, -0.2) is 0 Å². The van der Waals surface area contributed by atoms with Crippen LogP contribution >= 0.6 is 32.9 Å². The third kappa shape index (κ3) is 9.81. The maximum atomic E-state index is 12.1. The van der Waals surface area contributed by atoms with Gasteiger partial charge < -0.3 is 33.5 Å². The molecule has 2 saturated heterocycles. The van der Waals surface area contributed by atoms with Crippen molar-refractivity contribution in [1.29, 1.82) is 0 Å². The molecule has 7 rings (SSSR count). The van der Waals surface area contributed by atoms with E-state index in [4.69, 9.17) is 40.6 Å². The predicted octanol–water partition coefficient (Wildman–Crippen LogP) is 8.27. The van der Waals surface area contributed by atoms with Crippen LogP contribution in [0.2, 0.25) is 0 Å². The van der Waals surface area contributed by atoms with Crippen LogP contribution in [0.25, 0.3) is 21.6 Å². The zero-order valence-electron chi connectivity index (χ0n) is 34.7. The number of ether oxygens (including phenoxy) is 6. The van der Waals surface area contributed by atoms with Gasteiger partial charge in [0.15, 0.2) is 23.0 Å². The average molecular weight is 859 g/mol. The number of benzene rings is 4. The standard InChI is InChI=1S/C45H54N4O7S3/c1-51-36-22-34(42(55-5)38(24-36)53-3)28-48-16-12-46(13-17-48)26-32-20-31(44-40(45(57)59-58-44)30-10-8-7-9-11-30)21-33(41(32)50)27-47-14-18-49(19-15-47)29-35-23-37(52-2)25-39(54-4)43(35)56-6/h7-11,20-25,50H,12-19,26-29H2,1-6H3. The second-order valence-electron chi connectivity index (χ2n) is 14.8. The molecule has 0 unspecified atom stereocenters. The van der Waals surface area contributed by atoms with Crippen molar-refractivity contribution in [2.75, 3.05) is 95.0 Å². The highest BCUT2D eigenvalue weighted by molar-refractivity contribution is 7.80. The molecule has 3 heterocycles. The minimum atomic E-state index is 0.375. The number of rotatable bonds is 16. The topological polar surface area (TPSA) is 88.6 Å². The van der Waals surface area contributed by atoms with E-state index < -0.39 is 0 Å². The molecule has 0 aliphatic carbocycles. The summed E-state index contributed by atoms with van der Waals surface area (Å²) < 4.78 is 34.7. The van der Waals surface area contributed by atoms with Gasteiger partial charge in [-0.1, -0.05) is 63.2 Å². The SMILES string of the molecule is COc1cc(CN2CCN(Cc3cc(-c4ssc(=S)c4-c4ccccc4)cc(CN4CCN(Cc5cc(OC)cc(OC)c5OC)CC4)c3O)CC2)c(OC)c(OC)c1. The number of hydrogen-bond donors (Lipinski definition) is 1. The van der Waals surface area contributed by atoms with E-state index in [1.807, 2.05) is 30.3 Å². The number of piperazine rings is 2. The van der Waals surface area contributed by atoms with Gasteiger partial charge >= 0.3 is 0 Å². The summed E-state index contributed by atoms with van der Waals surface area (Å²) in [4.78, 5) is 10.9. The lowest BCUT2D eigenvalue weighted by Crippen LogP contribution is -2.45. The van der Waals surface area contributed by atoms with Crippen molar-refractivity contribution >= 4 is 32.9 Å². The van der Waals surface area contributed by atoms with Gasteiger partial charge in [-0.15, -0.1) is 0 Å². The van der Waals surface area contributed by atoms with Crippen LogP contribution < -0.4 is 28.4 Å². The molecule has 0 spiro atoms. The average Bonchev–Trinajstić information content (AvgIpc) is 3.66. The molecule has 0 radical (unpaired) electrons. The third-order valence-corrected chi connectivity index (χ3v) is 14.3. The fourth-order valence-electron chi connectivity index (χ4n) is 8.11. The molecule has 0 saturated carbocycles. The molecular formula is C45H54N4O7S3. The maximum Gasteiger partial charge on any atom is 0.165 e. The molecule has 314 valence electrons. The maximum absolute atomic E-state index is 12.1. The Hall–Kier alpha value is -4.41. The van der Waals surface area contributed by atoms with Crippen LogP contribution in [-0.4, -0.2) is 120 Å². The minimum absolute atomic E-state index is 0.375. The van der Waals surface area contributed by atoms with E-state index in [0.29, 0.717) is 30.3 Å². The monoisotopic (exact) mass is 858 g/mol. The second-order valence-corrected chi connectivity index (χ2v) is 17.6. The van der Waals surface area contributed by atoms with Crippen molar-refractivity contribution in [3.05, 3.63) is 92.8 Å². The van der Waals surface area contributed by atoms with Crippen molar-refractivity contribution < 1.29 is 33.5 Å². The molecule has 11 nitrogen and oxygen atoms in total. The summed E-state index contributed by atoms with van der Waals surface area (Å²) >= 11 is 5.92. The first-order valence-electron chi connectivity index (χ1n) is 19.8. The molecule has 2 aliphatic heterocycles. The Labute approximate surface area is 360 Å². The van der Waals surface area contributed by atoms with Gasteiger partial charge in [0.1, 0.15) is 21.1 Å². The molecule has 4 aromatic carbocycles. The molecule has 14 heteroatoms. The number of phenolic OH excluding ortho intramolecular Hbond substituents is 1. The Balaban J connectivity index is 1.10. The van der Waals surface area contributed by atoms with Crippen molar-refractivity contribution in [3.63, 3.8) is 0 Å². The van der Waals surface area contributed by atoms with Gasteiger partial charge in [0.25, 0.3) is 0 Å². The van der Waals surface area contributed by atoms with E-state index in [0.717, 1.165) is 136 Å². The highest BCUT2D eigenvalue weighted by Crippen LogP contribution is 2.44. The number of methoxy groups -OCH3 is 6. The fourth-order valence-corrected chi connectivity index (χ4v) is 11.0. The molecule has 0 bridgehead atoms.